The molecule has 2 unspecified atom stereocenters. The van der Waals surface area contributed by atoms with E-state index in [1.165, 1.54) is 0 Å². The summed E-state index contributed by atoms with van der Waals surface area (Å²) in [6.45, 7) is 5.98. The zero-order chi connectivity index (χ0) is 15.9. The summed E-state index contributed by atoms with van der Waals surface area (Å²) in [5, 5.41) is 15.8. The van der Waals surface area contributed by atoms with Crippen LogP contribution >= 0.6 is 24.0 Å². The first-order valence-corrected chi connectivity index (χ1v) is 8.00. The van der Waals surface area contributed by atoms with Crippen molar-refractivity contribution in [2.24, 2.45) is 16.8 Å². The number of halogens is 1. The molecule has 6 nitrogen and oxygen atoms in total. The Morgan fingerprint density at radius 1 is 1.52 bits per heavy atom. The van der Waals surface area contributed by atoms with Crippen molar-refractivity contribution in [1.29, 1.82) is 5.26 Å². The molecule has 0 spiro atoms. The Bertz CT molecular complexity index is 545. The van der Waals surface area contributed by atoms with Gasteiger partial charge in [-0.2, -0.15) is 5.26 Å². The first-order chi connectivity index (χ1) is 10.6. The van der Waals surface area contributed by atoms with Gasteiger partial charge >= 0.3 is 0 Å². The van der Waals surface area contributed by atoms with Crippen molar-refractivity contribution in [3.63, 3.8) is 0 Å². The van der Waals surface area contributed by atoms with E-state index >= 15 is 0 Å². The van der Waals surface area contributed by atoms with Crippen LogP contribution in [0.4, 0.5) is 0 Å². The SMILES string of the molecule is CN=C(NCc1nccn1CC(C)C)NC1CCCC1C#N.I. The average Bonchev–Trinajstić information content (AvgIpc) is 3.11. The highest BCUT2D eigenvalue weighted by Gasteiger charge is 2.27. The normalized spacial score (nSPS) is 20.9. The lowest BCUT2D eigenvalue weighted by Crippen LogP contribution is -2.44. The second kappa shape index (κ2) is 9.75. The van der Waals surface area contributed by atoms with E-state index in [1.807, 2.05) is 12.4 Å². The number of nitrogens with zero attached hydrogens (tertiary/aromatic N) is 4. The van der Waals surface area contributed by atoms with Crippen LogP contribution in [0, 0.1) is 23.2 Å². The van der Waals surface area contributed by atoms with Crippen LogP contribution in [-0.2, 0) is 13.1 Å². The van der Waals surface area contributed by atoms with Gasteiger partial charge in [0.25, 0.3) is 0 Å². The average molecular weight is 430 g/mol. The van der Waals surface area contributed by atoms with E-state index in [2.05, 4.69) is 45.1 Å². The summed E-state index contributed by atoms with van der Waals surface area (Å²) in [6, 6.07) is 2.58. The maximum Gasteiger partial charge on any atom is 0.191 e. The molecule has 23 heavy (non-hydrogen) atoms. The fourth-order valence-corrected chi connectivity index (χ4v) is 2.89. The summed E-state index contributed by atoms with van der Waals surface area (Å²) >= 11 is 0. The summed E-state index contributed by atoms with van der Waals surface area (Å²) in [6.07, 6.45) is 6.95. The third kappa shape index (κ3) is 5.68. The van der Waals surface area contributed by atoms with Crippen molar-refractivity contribution in [2.75, 3.05) is 7.05 Å². The van der Waals surface area contributed by atoms with Gasteiger partial charge in [-0.15, -0.1) is 24.0 Å². The minimum Gasteiger partial charge on any atom is -0.352 e. The molecule has 128 valence electrons. The van der Waals surface area contributed by atoms with Gasteiger partial charge in [-0.05, 0) is 25.2 Å². The third-order valence-electron chi connectivity index (χ3n) is 4.01. The number of rotatable bonds is 5. The Morgan fingerprint density at radius 3 is 2.96 bits per heavy atom. The molecule has 1 heterocycles. The summed E-state index contributed by atoms with van der Waals surface area (Å²) < 4.78 is 2.17. The molecule has 1 aromatic heterocycles. The van der Waals surface area contributed by atoms with Crippen molar-refractivity contribution in [3.05, 3.63) is 18.2 Å². The number of nitriles is 1. The molecule has 0 bridgehead atoms. The van der Waals surface area contributed by atoms with Gasteiger partial charge in [-0.25, -0.2) is 4.98 Å². The molecular formula is C16H27IN6. The van der Waals surface area contributed by atoms with Crippen molar-refractivity contribution in [3.8, 4) is 6.07 Å². The topological polar surface area (TPSA) is 78.0 Å². The molecule has 1 saturated carbocycles. The van der Waals surface area contributed by atoms with Gasteiger partial charge in [0.15, 0.2) is 5.96 Å². The molecule has 1 aliphatic carbocycles. The number of hydrogen-bond donors (Lipinski definition) is 2. The maximum atomic E-state index is 9.16. The van der Waals surface area contributed by atoms with Crippen LogP contribution in [0.25, 0.3) is 0 Å². The highest BCUT2D eigenvalue weighted by atomic mass is 127. The Balaban J connectivity index is 0.00000264. The van der Waals surface area contributed by atoms with Gasteiger partial charge in [-0.1, -0.05) is 13.8 Å². The van der Waals surface area contributed by atoms with Crippen molar-refractivity contribution in [2.45, 2.75) is 52.2 Å². The lowest BCUT2D eigenvalue weighted by molar-refractivity contribution is 0.500. The van der Waals surface area contributed by atoms with E-state index < -0.39 is 0 Å². The standard InChI is InChI=1S/C16H26N6.HI/c1-12(2)11-22-8-7-19-15(22)10-20-16(18-3)21-14-6-4-5-13(14)9-17;/h7-8,12-14H,4-6,10-11H2,1-3H3,(H2,18,20,21);1H. The Labute approximate surface area is 155 Å². The molecular weight excluding hydrogens is 403 g/mol. The third-order valence-corrected chi connectivity index (χ3v) is 4.01. The smallest absolute Gasteiger partial charge is 0.191 e. The number of nitrogens with one attached hydrogen (secondary N) is 2. The van der Waals surface area contributed by atoms with E-state index in [4.69, 9.17) is 5.26 Å². The second-order valence-electron chi connectivity index (χ2n) is 6.23. The van der Waals surface area contributed by atoms with Crippen LogP contribution in [0.1, 0.15) is 38.9 Å². The van der Waals surface area contributed by atoms with E-state index in [1.54, 1.807) is 7.05 Å². The van der Waals surface area contributed by atoms with Gasteiger partial charge in [0.2, 0.25) is 0 Å². The summed E-state index contributed by atoms with van der Waals surface area (Å²) in [4.78, 5) is 8.66. The lowest BCUT2D eigenvalue weighted by Gasteiger charge is -2.19. The van der Waals surface area contributed by atoms with Crippen LogP contribution in [0.3, 0.4) is 0 Å². The fourth-order valence-electron chi connectivity index (χ4n) is 2.89. The van der Waals surface area contributed by atoms with Crippen molar-refractivity contribution < 1.29 is 0 Å². The molecule has 1 fully saturated rings. The molecule has 0 aliphatic heterocycles. The molecule has 2 atom stereocenters. The highest BCUT2D eigenvalue weighted by molar-refractivity contribution is 14.0. The van der Waals surface area contributed by atoms with Gasteiger partial charge in [0, 0.05) is 32.0 Å². The van der Waals surface area contributed by atoms with Gasteiger partial charge in [-0.3, -0.25) is 4.99 Å². The lowest BCUT2D eigenvalue weighted by atomic mass is 10.1. The first-order valence-electron chi connectivity index (χ1n) is 8.00. The fraction of sp³-hybridized carbons (Fsp3) is 0.688. The molecule has 0 aromatic carbocycles. The molecule has 7 heteroatoms. The minimum absolute atomic E-state index is 0. The molecule has 0 amide bonds. The summed E-state index contributed by atoms with van der Waals surface area (Å²) in [7, 11) is 1.76. The first kappa shape index (κ1) is 19.7. The quantitative estimate of drug-likeness (QED) is 0.428. The van der Waals surface area contributed by atoms with Crippen LogP contribution in [0.15, 0.2) is 17.4 Å². The Hall–Kier alpha value is -1.30. The van der Waals surface area contributed by atoms with Crippen LogP contribution in [0.5, 0.6) is 0 Å². The monoisotopic (exact) mass is 430 g/mol. The van der Waals surface area contributed by atoms with Crippen molar-refractivity contribution >= 4 is 29.9 Å². The zero-order valence-electron chi connectivity index (χ0n) is 14.1. The zero-order valence-corrected chi connectivity index (χ0v) is 16.4. The van der Waals surface area contributed by atoms with E-state index in [0.29, 0.717) is 12.5 Å². The molecule has 2 N–H and O–H groups in total. The minimum atomic E-state index is 0. The number of aliphatic imine (C=N–C) groups is 1. The van der Waals surface area contributed by atoms with Gasteiger partial charge in [0.05, 0.1) is 18.5 Å². The van der Waals surface area contributed by atoms with Crippen molar-refractivity contribution in [1.82, 2.24) is 20.2 Å². The van der Waals surface area contributed by atoms with Gasteiger partial charge < -0.3 is 15.2 Å². The number of aromatic nitrogens is 2. The maximum absolute atomic E-state index is 9.16. The van der Waals surface area contributed by atoms with E-state index in [-0.39, 0.29) is 35.9 Å². The van der Waals surface area contributed by atoms with Crippen LogP contribution < -0.4 is 10.6 Å². The summed E-state index contributed by atoms with van der Waals surface area (Å²) in [5.41, 5.74) is 0. The molecule has 0 saturated heterocycles. The molecule has 1 aromatic rings. The van der Waals surface area contributed by atoms with Crippen LogP contribution in [-0.4, -0.2) is 28.6 Å². The predicted molar refractivity (Wildman–Crippen MR) is 103 cm³/mol. The Kier molecular flexibility index (Phi) is 8.37. The number of hydrogen-bond acceptors (Lipinski definition) is 3. The Morgan fingerprint density at radius 2 is 2.30 bits per heavy atom. The van der Waals surface area contributed by atoms with Gasteiger partial charge in [0.1, 0.15) is 5.82 Å². The molecule has 1 aliphatic rings. The molecule has 2 rings (SSSR count). The highest BCUT2D eigenvalue weighted by Crippen LogP contribution is 2.24. The molecule has 0 radical (unpaired) electrons. The number of guanidine groups is 1. The van der Waals surface area contributed by atoms with E-state index in [9.17, 15) is 0 Å². The predicted octanol–water partition coefficient (Wildman–Crippen LogP) is 2.51. The van der Waals surface area contributed by atoms with E-state index in [0.717, 1.165) is 37.6 Å². The number of imidazole rings is 1. The largest absolute Gasteiger partial charge is 0.352 e. The second-order valence-corrected chi connectivity index (χ2v) is 6.23. The summed E-state index contributed by atoms with van der Waals surface area (Å²) in [5.74, 6) is 2.41. The van der Waals surface area contributed by atoms with Crippen LogP contribution in [0.2, 0.25) is 0 Å².